The molecule has 3 amide bonds. The number of ether oxygens (including phenoxy) is 1. The Hall–Kier alpha value is -2.61. The average Bonchev–Trinajstić information content (AvgIpc) is 3.07. The van der Waals surface area contributed by atoms with Crippen LogP contribution in [-0.4, -0.2) is 42.0 Å². The van der Waals surface area contributed by atoms with E-state index in [1.807, 2.05) is 36.6 Å². The quantitative estimate of drug-likeness (QED) is 0.860. The van der Waals surface area contributed by atoms with Gasteiger partial charge in [0.05, 0.1) is 18.5 Å². The zero-order valence-electron chi connectivity index (χ0n) is 14.8. The first-order chi connectivity index (χ1) is 12.6. The molecule has 0 saturated carbocycles. The van der Waals surface area contributed by atoms with Gasteiger partial charge in [-0.15, -0.1) is 11.3 Å². The van der Waals surface area contributed by atoms with E-state index in [1.54, 1.807) is 12.0 Å². The number of likely N-dealkylation sites (tertiary alicyclic amines) is 1. The lowest BCUT2D eigenvalue weighted by Crippen LogP contribution is -2.43. The van der Waals surface area contributed by atoms with Gasteiger partial charge in [0.1, 0.15) is 5.75 Å². The summed E-state index contributed by atoms with van der Waals surface area (Å²) in [6.07, 6.45) is 1.26. The molecule has 1 aromatic carbocycles. The molecule has 2 heterocycles. The molecule has 0 bridgehead atoms. The monoisotopic (exact) mass is 374 g/mol. The number of carbonyl (C=O) groups is 2. The normalized spacial score (nSPS) is 14.8. The van der Waals surface area contributed by atoms with Gasteiger partial charge in [0, 0.05) is 24.4 Å². The van der Waals surface area contributed by atoms with Crippen molar-refractivity contribution in [1.29, 1.82) is 0 Å². The predicted octanol–water partition coefficient (Wildman–Crippen LogP) is 3.34. The summed E-state index contributed by atoms with van der Waals surface area (Å²) in [6.45, 7) is 2.97. The van der Waals surface area contributed by atoms with Crippen molar-refractivity contribution in [1.82, 2.24) is 9.88 Å². The fourth-order valence-electron chi connectivity index (χ4n) is 2.91. The van der Waals surface area contributed by atoms with E-state index in [0.717, 1.165) is 5.69 Å². The maximum Gasteiger partial charge on any atom is 0.323 e. The van der Waals surface area contributed by atoms with E-state index in [-0.39, 0.29) is 17.9 Å². The Balaban J connectivity index is 1.51. The lowest BCUT2D eigenvalue weighted by molar-refractivity contribution is -0.121. The molecule has 2 N–H and O–H groups in total. The Morgan fingerprint density at radius 3 is 2.62 bits per heavy atom. The van der Waals surface area contributed by atoms with Crippen LogP contribution in [-0.2, 0) is 4.79 Å². The second-order valence-corrected chi connectivity index (χ2v) is 7.03. The highest BCUT2D eigenvalue weighted by Crippen LogP contribution is 2.26. The van der Waals surface area contributed by atoms with Gasteiger partial charge in [-0.25, -0.2) is 9.78 Å². The SMILES string of the molecule is COc1ccccc1NC(=O)C1CCN(C(=O)Nc2nc(C)cs2)CC1. The molecule has 2 aromatic rings. The van der Waals surface area contributed by atoms with Crippen LogP contribution in [0, 0.1) is 12.8 Å². The third-order valence-electron chi connectivity index (χ3n) is 4.35. The number of benzene rings is 1. The number of aromatic nitrogens is 1. The summed E-state index contributed by atoms with van der Waals surface area (Å²) < 4.78 is 5.26. The standard InChI is InChI=1S/C18H22N4O3S/c1-12-11-26-17(19-12)21-18(24)22-9-7-13(8-10-22)16(23)20-14-5-3-4-6-15(14)25-2/h3-6,11,13H,7-10H2,1-2H3,(H,20,23)(H,19,21,24). The second-order valence-electron chi connectivity index (χ2n) is 6.18. The third-order valence-corrected chi connectivity index (χ3v) is 5.23. The number of carbonyl (C=O) groups excluding carboxylic acids is 2. The zero-order valence-corrected chi connectivity index (χ0v) is 15.6. The maximum absolute atomic E-state index is 12.5. The number of nitrogens with one attached hydrogen (secondary N) is 2. The van der Waals surface area contributed by atoms with Crippen molar-refractivity contribution in [3.63, 3.8) is 0 Å². The molecular formula is C18H22N4O3S. The van der Waals surface area contributed by atoms with Crippen LogP contribution >= 0.6 is 11.3 Å². The summed E-state index contributed by atoms with van der Waals surface area (Å²) in [5.74, 6) is 0.479. The Morgan fingerprint density at radius 1 is 1.23 bits per heavy atom. The average molecular weight is 374 g/mol. The Labute approximate surface area is 156 Å². The van der Waals surface area contributed by atoms with Crippen molar-refractivity contribution < 1.29 is 14.3 Å². The predicted molar refractivity (Wildman–Crippen MR) is 102 cm³/mol. The number of piperidine rings is 1. The van der Waals surface area contributed by atoms with Crippen molar-refractivity contribution in [2.75, 3.05) is 30.8 Å². The highest BCUT2D eigenvalue weighted by atomic mass is 32.1. The van der Waals surface area contributed by atoms with Crippen molar-refractivity contribution in [3.8, 4) is 5.75 Å². The number of hydrogen-bond donors (Lipinski definition) is 2. The Morgan fingerprint density at radius 2 is 1.96 bits per heavy atom. The molecule has 0 unspecified atom stereocenters. The Bertz CT molecular complexity index is 784. The van der Waals surface area contributed by atoms with Gasteiger partial charge in [0.15, 0.2) is 5.13 Å². The molecule has 138 valence electrons. The molecule has 1 aliphatic heterocycles. The van der Waals surface area contributed by atoms with Crippen molar-refractivity contribution in [2.24, 2.45) is 5.92 Å². The number of anilines is 2. The van der Waals surface area contributed by atoms with Crippen LogP contribution in [0.2, 0.25) is 0 Å². The lowest BCUT2D eigenvalue weighted by atomic mass is 9.96. The second kappa shape index (κ2) is 8.18. The van der Waals surface area contributed by atoms with Crippen LogP contribution in [0.5, 0.6) is 5.75 Å². The molecule has 1 fully saturated rings. The summed E-state index contributed by atoms with van der Waals surface area (Å²) >= 11 is 1.41. The highest BCUT2D eigenvalue weighted by molar-refractivity contribution is 7.13. The topological polar surface area (TPSA) is 83.6 Å². The van der Waals surface area contributed by atoms with E-state index in [2.05, 4.69) is 15.6 Å². The lowest BCUT2D eigenvalue weighted by Gasteiger charge is -2.31. The summed E-state index contributed by atoms with van der Waals surface area (Å²) in [6, 6.07) is 7.17. The van der Waals surface area contributed by atoms with Gasteiger partial charge in [-0.05, 0) is 31.9 Å². The summed E-state index contributed by atoms with van der Waals surface area (Å²) in [5.41, 5.74) is 1.55. The molecule has 1 aliphatic rings. The molecule has 7 nitrogen and oxygen atoms in total. The van der Waals surface area contributed by atoms with Gasteiger partial charge in [0.25, 0.3) is 0 Å². The first-order valence-corrected chi connectivity index (χ1v) is 9.36. The van der Waals surface area contributed by atoms with E-state index in [9.17, 15) is 9.59 Å². The number of urea groups is 1. The van der Waals surface area contributed by atoms with E-state index in [0.29, 0.717) is 42.5 Å². The number of rotatable bonds is 4. The molecule has 0 radical (unpaired) electrons. The van der Waals surface area contributed by atoms with Crippen LogP contribution in [0.25, 0.3) is 0 Å². The van der Waals surface area contributed by atoms with E-state index >= 15 is 0 Å². The fraction of sp³-hybridized carbons (Fsp3) is 0.389. The largest absolute Gasteiger partial charge is 0.495 e. The van der Waals surface area contributed by atoms with Gasteiger partial charge in [-0.1, -0.05) is 12.1 Å². The molecule has 26 heavy (non-hydrogen) atoms. The minimum atomic E-state index is -0.164. The summed E-state index contributed by atoms with van der Waals surface area (Å²) in [4.78, 5) is 30.8. The van der Waals surface area contributed by atoms with Crippen LogP contribution in [0.3, 0.4) is 0 Å². The first kappa shape index (κ1) is 18.2. The number of thiazole rings is 1. The molecule has 0 spiro atoms. The van der Waals surface area contributed by atoms with Crippen molar-refractivity contribution >= 4 is 34.1 Å². The summed E-state index contributed by atoms with van der Waals surface area (Å²) in [5, 5.41) is 8.23. The smallest absolute Gasteiger partial charge is 0.323 e. The number of para-hydroxylation sites is 2. The van der Waals surface area contributed by atoms with Gasteiger partial charge in [0.2, 0.25) is 5.91 Å². The molecule has 1 saturated heterocycles. The van der Waals surface area contributed by atoms with Crippen LogP contribution in [0.15, 0.2) is 29.6 Å². The maximum atomic E-state index is 12.5. The number of aryl methyl sites for hydroxylation is 1. The van der Waals surface area contributed by atoms with Gasteiger partial charge < -0.3 is 15.0 Å². The molecule has 0 aliphatic carbocycles. The van der Waals surface area contributed by atoms with E-state index in [4.69, 9.17) is 4.74 Å². The van der Waals surface area contributed by atoms with E-state index < -0.39 is 0 Å². The van der Waals surface area contributed by atoms with Crippen LogP contribution in [0.4, 0.5) is 15.6 Å². The number of amides is 3. The minimum Gasteiger partial charge on any atom is -0.495 e. The van der Waals surface area contributed by atoms with Gasteiger partial charge >= 0.3 is 6.03 Å². The van der Waals surface area contributed by atoms with Crippen LogP contribution in [0.1, 0.15) is 18.5 Å². The number of hydrogen-bond acceptors (Lipinski definition) is 5. The molecule has 0 atom stereocenters. The summed E-state index contributed by atoms with van der Waals surface area (Å²) in [7, 11) is 1.58. The van der Waals surface area contributed by atoms with Crippen LogP contribution < -0.4 is 15.4 Å². The molecular weight excluding hydrogens is 352 g/mol. The van der Waals surface area contributed by atoms with Gasteiger partial charge in [-0.2, -0.15) is 0 Å². The van der Waals surface area contributed by atoms with E-state index in [1.165, 1.54) is 11.3 Å². The number of nitrogens with zero attached hydrogens (tertiary/aromatic N) is 2. The molecule has 1 aromatic heterocycles. The molecule has 8 heteroatoms. The molecule has 3 rings (SSSR count). The Kier molecular flexibility index (Phi) is 5.72. The third kappa shape index (κ3) is 4.32. The van der Waals surface area contributed by atoms with Crippen molar-refractivity contribution in [3.05, 3.63) is 35.3 Å². The van der Waals surface area contributed by atoms with Crippen molar-refractivity contribution in [2.45, 2.75) is 19.8 Å². The number of methoxy groups -OCH3 is 1. The first-order valence-electron chi connectivity index (χ1n) is 8.48. The highest BCUT2D eigenvalue weighted by Gasteiger charge is 2.28. The minimum absolute atomic E-state index is 0.0369. The van der Waals surface area contributed by atoms with Gasteiger partial charge in [-0.3, -0.25) is 10.1 Å². The fourth-order valence-corrected chi connectivity index (χ4v) is 3.59. The zero-order chi connectivity index (χ0) is 18.5.